The quantitative estimate of drug-likeness (QED) is 0.198. The van der Waals surface area contributed by atoms with Crippen molar-refractivity contribution in [2.45, 2.75) is 0 Å². The molecule has 1 heterocycles. The average molecular weight is 556 g/mol. The second-order valence-corrected chi connectivity index (χ2v) is 10.6. The number of hydrogen-bond donors (Lipinski definition) is 0. The van der Waals surface area contributed by atoms with Gasteiger partial charge in [0.15, 0.2) is 0 Å². The number of fused-ring (bicyclic) bond motifs is 6. The molecule has 9 aromatic rings. The van der Waals surface area contributed by atoms with Gasteiger partial charge in [-0.05, 0) is 83.9 Å². The third-order valence-corrected chi connectivity index (χ3v) is 8.19. The summed E-state index contributed by atoms with van der Waals surface area (Å²) in [5, 5.41) is 7.20. The van der Waals surface area contributed by atoms with Crippen LogP contribution in [0.3, 0.4) is 0 Å². The summed E-state index contributed by atoms with van der Waals surface area (Å²) >= 11 is 0. The normalized spacial score (nSPS) is 14.7. The average Bonchev–Trinajstić information content (AvgIpc) is 3.53. The van der Waals surface area contributed by atoms with Crippen molar-refractivity contribution in [1.82, 2.24) is 0 Å². The lowest BCUT2D eigenvalue weighted by molar-refractivity contribution is 0.669. The van der Waals surface area contributed by atoms with Crippen LogP contribution in [0, 0.1) is 0 Å². The lowest BCUT2D eigenvalue weighted by Gasteiger charge is -2.18. The van der Waals surface area contributed by atoms with Gasteiger partial charge in [-0.1, -0.05) is 139 Å². The maximum absolute atomic E-state index is 9.31. The molecule has 200 valence electrons. The van der Waals surface area contributed by atoms with E-state index in [1.54, 1.807) is 0 Å². The van der Waals surface area contributed by atoms with E-state index in [0.717, 1.165) is 54.6 Å². The summed E-state index contributed by atoms with van der Waals surface area (Å²) in [4.78, 5) is 0. The summed E-state index contributed by atoms with van der Waals surface area (Å²) in [6.45, 7) is 0. The van der Waals surface area contributed by atoms with Crippen molar-refractivity contribution in [3.05, 3.63) is 158 Å². The second-order valence-electron chi connectivity index (χ2n) is 10.6. The van der Waals surface area contributed by atoms with Crippen LogP contribution in [-0.4, -0.2) is 0 Å². The SMILES string of the molecule is [2H]c1c([2H])c([2H])c(-c2c([2H])c([2H])c(-c3c4ccccc4c(-c4cccc5oc6cc7ccccc7cc6c45)c4ccccc34)c([2H])c2[2H])c([2H])c1[2H]. The highest BCUT2D eigenvalue weighted by atomic mass is 16.3. The van der Waals surface area contributed by atoms with E-state index >= 15 is 0 Å². The van der Waals surface area contributed by atoms with Crippen LogP contribution >= 0.6 is 0 Å². The minimum Gasteiger partial charge on any atom is -0.456 e. The Morgan fingerprint density at radius 1 is 0.419 bits per heavy atom. The van der Waals surface area contributed by atoms with Crippen LogP contribution in [0.4, 0.5) is 0 Å². The molecule has 43 heavy (non-hydrogen) atoms. The van der Waals surface area contributed by atoms with Crippen molar-refractivity contribution in [1.29, 1.82) is 0 Å². The first-order chi connectivity index (χ1) is 25.1. The number of hydrogen-bond acceptors (Lipinski definition) is 1. The van der Waals surface area contributed by atoms with Crippen LogP contribution in [0.2, 0.25) is 0 Å². The molecule has 0 radical (unpaired) electrons. The number of rotatable bonds is 3. The molecule has 0 bridgehead atoms. The van der Waals surface area contributed by atoms with Crippen LogP contribution in [0.25, 0.3) is 87.6 Å². The fourth-order valence-electron chi connectivity index (χ4n) is 6.35. The summed E-state index contributed by atoms with van der Waals surface area (Å²) in [5.41, 5.74) is 3.25. The first-order valence-electron chi connectivity index (χ1n) is 18.5. The molecule has 0 atom stereocenters. The molecule has 0 aliphatic rings. The fraction of sp³-hybridized carbons (Fsp3) is 0. The van der Waals surface area contributed by atoms with E-state index in [2.05, 4.69) is 30.3 Å². The molecule has 1 heteroatoms. The predicted octanol–water partition coefficient (Wildman–Crippen LogP) is 12.0. The topological polar surface area (TPSA) is 13.1 Å². The highest BCUT2D eigenvalue weighted by molar-refractivity contribution is 6.26. The van der Waals surface area contributed by atoms with Gasteiger partial charge >= 0.3 is 0 Å². The van der Waals surface area contributed by atoms with E-state index in [0.29, 0.717) is 16.3 Å². The lowest BCUT2D eigenvalue weighted by atomic mass is 9.84. The van der Waals surface area contributed by atoms with Gasteiger partial charge in [0.2, 0.25) is 0 Å². The molecule has 0 saturated carbocycles. The van der Waals surface area contributed by atoms with Crippen LogP contribution in [-0.2, 0) is 0 Å². The van der Waals surface area contributed by atoms with E-state index in [9.17, 15) is 2.74 Å². The molecule has 1 nitrogen and oxygen atoms in total. The molecular weight excluding hydrogens is 520 g/mol. The molecule has 0 spiro atoms. The van der Waals surface area contributed by atoms with Crippen molar-refractivity contribution in [2.75, 3.05) is 0 Å². The van der Waals surface area contributed by atoms with Gasteiger partial charge in [-0.2, -0.15) is 0 Å². The summed E-state index contributed by atoms with van der Waals surface area (Å²) < 4.78 is 84.6. The van der Waals surface area contributed by atoms with Crippen molar-refractivity contribution in [3.63, 3.8) is 0 Å². The molecule has 0 fully saturated rings. The van der Waals surface area contributed by atoms with Gasteiger partial charge in [0.05, 0.1) is 12.3 Å². The Morgan fingerprint density at radius 2 is 0.977 bits per heavy atom. The van der Waals surface area contributed by atoms with Crippen molar-refractivity contribution in [3.8, 4) is 33.4 Å². The highest BCUT2D eigenvalue weighted by Crippen LogP contribution is 2.47. The molecule has 0 N–H and O–H groups in total. The summed E-state index contributed by atoms with van der Waals surface area (Å²) in [5.74, 6) is 0. The zero-order valence-electron chi connectivity index (χ0n) is 31.7. The van der Waals surface area contributed by atoms with E-state index < -0.39 is 42.3 Å². The second kappa shape index (κ2) is 9.44. The van der Waals surface area contributed by atoms with E-state index in [4.69, 9.17) is 14.0 Å². The standard InChI is InChI=1S/C42H26O/c1-2-11-27(12-3-1)28-21-23-29(24-22-28)40-32-15-6-8-17-34(32)41(35-18-9-7-16-33(35)40)36-19-10-20-38-42(36)37-25-30-13-4-5-14-31(30)26-39(37)43-38/h1-26H/i1D,2D,3D,11D,12D,21D,22D,23D,24D. The molecule has 9 rings (SSSR count). The van der Waals surface area contributed by atoms with Gasteiger partial charge in [-0.25, -0.2) is 0 Å². The molecule has 0 unspecified atom stereocenters. The van der Waals surface area contributed by atoms with Gasteiger partial charge in [-0.15, -0.1) is 0 Å². The van der Waals surface area contributed by atoms with Crippen LogP contribution in [0.15, 0.2) is 162 Å². The molecule has 8 aromatic carbocycles. The maximum Gasteiger partial charge on any atom is 0.136 e. The number of furan rings is 1. The van der Waals surface area contributed by atoms with Gasteiger partial charge < -0.3 is 4.42 Å². The lowest BCUT2D eigenvalue weighted by Crippen LogP contribution is -1.91. The molecule has 0 aliphatic heterocycles. The van der Waals surface area contributed by atoms with E-state index in [-0.39, 0.29) is 28.8 Å². The van der Waals surface area contributed by atoms with Crippen molar-refractivity contribution >= 4 is 54.3 Å². The summed E-state index contributed by atoms with van der Waals surface area (Å²) in [6.07, 6.45) is 0. The van der Waals surface area contributed by atoms with Gasteiger partial charge in [-0.3, -0.25) is 0 Å². The van der Waals surface area contributed by atoms with Crippen LogP contribution in [0.5, 0.6) is 0 Å². The Morgan fingerprint density at radius 3 is 1.65 bits per heavy atom. The Kier molecular flexibility index (Phi) is 3.67. The van der Waals surface area contributed by atoms with E-state index in [1.807, 2.05) is 72.8 Å². The Balaban J connectivity index is 1.39. The fourth-order valence-corrected chi connectivity index (χ4v) is 6.35. The minimum absolute atomic E-state index is 0.0588. The first-order valence-corrected chi connectivity index (χ1v) is 14.0. The monoisotopic (exact) mass is 555 g/mol. The van der Waals surface area contributed by atoms with Crippen LogP contribution in [0.1, 0.15) is 12.3 Å². The molecule has 0 amide bonds. The van der Waals surface area contributed by atoms with Gasteiger partial charge in [0.25, 0.3) is 0 Å². The van der Waals surface area contributed by atoms with Gasteiger partial charge in [0.1, 0.15) is 11.2 Å². The predicted molar refractivity (Wildman–Crippen MR) is 183 cm³/mol. The zero-order valence-corrected chi connectivity index (χ0v) is 22.7. The van der Waals surface area contributed by atoms with Crippen LogP contribution < -0.4 is 0 Å². The van der Waals surface area contributed by atoms with Crippen molar-refractivity contribution in [2.24, 2.45) is 0 Å². The Bertz CT molecular complexity index is 2900. The summed E-state index contributed by atoms with van der Waals surface area (Å²) in [7, 11) is 0. The maximum atomic E-state index is 9.31. The Labute approximate surface area is 261 Å². The smallest absolute Gasteiger partial charge is 0.136 e. The molecule has 0 aliphatic carbocycles. The largest absolute Gasteiger partial charge is 0.456 e. The van der Waals surface area contributed by atoms with E-state index in [1.165, 1.54) is 0 Å². The first kappa shape index (κ1) is 16.7. The summed E-state index contributed by atoms with van der Waals surface area (Å²) in [6, 6.07) is 29.1. The minimum atomic E-state index is -0.613. The highest BCUT2D eigenvalue weighted by Gasteiger charge is 2.20. The number of benzene rings is 8. The molecular formula is C42H26O. The van der Waals surface area contributed by atoms with Crippen molar-refractivity contribution < 1.29 is 16.8 Å². The zero-order chi connectivity index (χ0) is 36.2. The van der Waals surface area contributed by atoms with Gasteiger partial charge in [0, 0.05) is 10.8 Å². The third-order valence-electron chi connectivity index (χ3n) is 8.19. The Hall–Kier alpha value is -5.66. The molecule has 0 saturated heterocycles. The third kappa shape index (κ3) is 3.72. The molecule has 1 aromatic heterocycles.